The van der Waals surface area contributed by atoms with Crippen LogP contribution in [0.25, 0.3) is 0 Å². The van der Waals surface area contributed by atoms with Gasteiger partial charge in [-0.3, -0.25) is 9.34 Å². The van der Waals surface area contributed by atoms with Crippen molar-refractivity contribution in [2.45, 2.75) is 6.92 Å². The van der Waals surface area contributed by atoms with Crippen molar-refractivity contribution in [3.05, 3.63) is 0 Å². The van der Waals surface area contributed by atoms with E-state index in [9.17, 15) is 0 Å². The van der Waals surface area contributed by atoms with Crippen molar-refractivity contribution >= 4 is 8.22 Å². The SMILES string of the molecule is CC#CP(N(C)C)N(C)C. The maximum atomic E-state index is 3.15. The molecule has 0 unspecified atom stereocenters. The zero-order valence-corrected chi connectivity index (χ0v) is 8.24. The van der Waals surface area contributed by atoms with E-state index in [0.29, 0.717) is 0 Å². The van der Waals surface area contributed by atoms with Crippen molar-refractivity contribution in [1.82, 2.24) is 9.34 Å². The molecule has 0 aliphatic rings. The number of hydrogen-bond acceptors (Lipinski definition) is 2. The van der Waals surface area contributed by atoms with Gasteiger partial charge in [-0.05, 0) is 40.8 Å². The molecule has 3 heteroatoms. The van der Waals surface area contributed by atoms with Gasteiger partial charge in [0.1, 0.15) is 8.22 Å². The summed E-state index contributed by atoms with van der Waals surface area (Å²) in [5, 5.41) is 0. The molecule has 0 amide bonds. The summed E-state index contributed by atoms with van der Waals surface area (Å²) >= 11 is 0. The molecule has 0 aromatic heterocycles. The second-order valence-corrected chi connectivity index (χ2v) is 4.75. The fourth-order valence-corrected chi connectivity index (χ4v) is 1.97. The van der Waals surface area contributed by atoms with Crippen LogP contribution in [0, 0.1) is 11.6 Å². The summed E-state index contributed by atoms with van der Waals surface area (Å²) in [5.74, 6) is 2.93. The van der Waals surface area contributed by atoms with E-state index in [2.05, 4.69) is 49.1 Å². The van der Waals surface area contributed by atoms with Gasteiger partial charge in [-0.25, -0.2) is 0 Å². The number of hydrogen-bond donors (Lipinski definition) is 0. The highest BCUT2D eigenvalue weighted by molar-refractivity contribution is 7.58. The molecular weight excluding hydrogens is 143 g/mol. The van der Waals surface area contributed by atoms with Crippen molar-refractivity contribution in [2.75, 3.05) is 28.2 Å². The molecule has 0 atom stereocenters. The molecule has 0 heterocycles. The number of nitrogens with zero attached hydrogens (tertiary/aromatic N) is 2. The van der Waals surface area contributed by atoms with Gasteiger partial charge in [0.25, 0.3) is 0 Å². The number of rotatable bonds is 2. The van der Waals surface area contributed by atoms with Crippen LogP contribution in [0.5, 0.6) is 0 Å². The molecule has 58 valence electrons. The molecule has 0 aliphatic carbocycles. The molecule has 0 aromatic rings. The summed E-state index contributed by atoms with van der Waals surface area (Å²) in [6, 6.07) is 0. The van der Waals surface area contributed by atoms with Crippen LogP contribution in [-0.2, 0) is 0 Å². The third kappa shape index (κ3) is 3.17. The van der Waals surface area contributed by atoms with Gasteiger partial charge < -0.3 is 0 Å². The van der Waals surface area contributed by atoms with Crippen molar-refractivity contribution < 1.29 is 0 Å². The zero-order chi connectivity index (χ0) is 8.15. The maximum Gasteiger partial charge on any atom is 0.120 e. The predicted octanol–water partition coefficient (Wildman–Crippen LogP) is 1.40. The topological polar surface area (TPSA) is 6.48 Å². The predicted molar refractivity (Wildman–Crippen MR) is 47.7 cm³/mol. The van der Waals surface area contributed by atoms with Crippen LogP contribution in [0.15, 0.2) is 0 Å². The van der Waals surface area contributed by atoms with Crippen LogP contribution in [0.3, 0.4) is 0 Å². The first-order valence-corrected chi connectivity index (χ1v) is 4.41. The lowest BCUT2D eigenvalue weighted by molar-refractivity contribution is 0.585. The Morgan fingerprint density at radius 3 is 1.50 bits per heavy atom. The van der Waals surface area contributed by atoms with E-state index < -0.39 is 0 Å². The molecule has 10 heavy (non-hydrogen) atoms. The second-order valence-electron chi connectivity index (χ2n) is 2.35. The Morgan fingerprint density at radius 1 is 1.00 bits per heavy atom. The molecular formula is C7H15N2P. The van der Waals surface area contributed by atoms with E-state index >= 15 is 0 Å². The van der Waals surface area contributed by atoms with Crippen LogP contribution in [0.2, 0.25) is 0 Å². The Labute approximate surface area is 65.1 Å². The first-order chi connectivity index (χ1) is 4.59. The summed E-state index contributed by atoms with van der Waals surface area (Å²) in [6.45, 7) is 1.88. The fourth-order valence-electron chi connectivity index (χ4n) is 0.658. The molecule has 0 saturated carbocycles. The average molecular weight is 158 g/mol. The molecule has 0 fully saturated rings. The van der Waals surface area contributed by atoms with Crippen molar-refractivity contribution in [2.24, 2.45) is 0 Å². The van der Waals surface area contributed by atoms with Crippen molar-refractivity contribution in [1.29, 1.82) is 0 Å². The van der Waals surface area contributed by atoms with E-state index in [1.165, 1.54) is 0 Å². The Morgan fingerprint density at radius 2 is 1.40 bits per heavy atom. The lowest BCUT2D eigenvalue weighted by atomic mass is 10.8. The molecule has 0 radical (unpaired) electrons. The third-order valence-corrected chi connectivity index (χ3v) is 2.91. The van der Waals surface area contributed by atoms with Crippen LogP contribution >= 0.6 is 8.22 Å². The van der Waals surface area contributed by atoms with Gasteiger partial charge in [0.05, 0.1) is 0 Å². The Hall–Kier alpha value is -0.0900. The summed E-state index contributed by atoms with van der Waals surface area (Å²) in [5.41, 5.74) is 3.15. The second kappa shape index (κ2) is 4.68. The first-order valence-electron chi connectivity index (χ1n) is 3.16. The molecule has 0 aliphatic heterocycles. The summed E-state index contributed by atoms with van der Waals surface area (Å²) in [6.07, 6.45) is 0. The van der Waals surface area contributed by atoms with Gasteiger partial charge in [0.2, 0.25) is 0 Å². The minimum absolute atomic E-state index is 0.373. The smallest absolute Gasteiger partial charge is 0.120 e. The average Bonchev–Trinajstić information content (AvgIpc) is 1.81. The normalized spacial score (nSPS) is 10.4. The lowest BCUT2D eigenvalue weighted by Gasteiger charge is -2.24. The minimum Gasteiger partial charge on any atom is -0.266 e. The van der Waals surface area contributed by atoms with Crippen LogP contribution in [0.4, 0.5) is 0 Å². The summed E-state index contributed by atoms with van der Waals surface area (Å²) in [4.78, 5) is 0. The molecule has 0 saturated heterocycles. The van der Waals surface area contributed by atoms with Gasteiger partial charge in [-0.15, -0.1) is 0 Å². The van der Waals surface area contributed by atoms with Gasteiger partial charge in [0, 0.05) is 0 Å². The highest BCUT2D eigenvalue weighted by Crippen LogP contribution is 2.37. The van der Waals surface area contributed by atoms with Crippen molar-refractivity contribution in [3.8, 4) is 11.6 Å². The van der Waals surface area contributed by atoms with E-state index in [0.717, 1.165) is 0 Å². The van der Waals surface area contributed by atoms with E-state index in [1.54, 1.807) is 0 Å². The molecule has 0 aromatic carbocycles. The van der Waals surface area contributed by atoms with Crippen LogP contribution in [-0.4, -0.2) is 37.5 Å². The molecule has 0 rings (SSSR count). The maximum absolute atomic E-state index is 3.15. The van der Waals surface area contributed by atoms with E-state index in [-0.39, 0.29) is 8.22 Å². The largest absolute Gasteiger partial charge is 0.266 e. The zero-order valence-electron chi connectivity index (χ0n) is 7.34. The first kappa shape index (κ1) is 9.91. The molecule has 2 nitrogen and oxygen atoms in total. The Bertz CT molecular complexity index is 135. The lowest BCUT2D eigenvalue weighted by Crippen LogP contribution is -2.15. The fraction of sp³-hybridized carbons (Fsp3) is 0.714. The molecule has 0 N–H and O–H groups in total. The van der Waals surface area contributed by atoms with Crippen LogP contribution in [0.1, 0.15) is 6.92 Å². The van der Waals surface area contributed by atoms with Gasteiger partial charge >= 0.3 is 0 Å². The van der Waals surface area contributed by atoms with Gasteiger partial charge in [-0.2, -0.15) is 0 Å². The minimum atomic E-state index is -0.373. The Kier molecular flexibility index (Phi) is 4.64. The quantitative estimate of drug-likeness (QED) is 0.442. The van der Waals surface area contributed by atoms with E-state index in [4.69, 9.17) is 0 Å². The summed E-state index contributed by atoms with van der Waals surface area (Å²) < 4.78 is 4.29. The van der Waals surface area contributed by atoms with Gasteiger partial charge in [-0.1, -0.05) is 5.92 Å². The summed E-state index contributed by atoms with van der Waals surface area (Å²) in [7, 11) is 7.83. The monoisotopic (exact) mass is 158 g/mol. The third-order valence-electron chi connectivity index (χ3n) is 0.970. The van der Waals surface area contributed by atoms with Gasteiger partial charge in [0.15, 0.2) is 0 Å². The van der Waals surface area contributed by atoms with Crippen LogP contribution < -0.4 is 0 Å². The molecule has 0 spiro atoms. The molecule has 0 bridgehead atoms. The van der Waals surface area contributed by atoms with Crippen molar-refractivity contribution in [3.63, 3.8) is 0 Å². The highest BCUT2D eigenvalue weighted by Gasteiger charge is 2.08. The Balaban J connectivity index is 4.07. The highest BCUT2D eigenvalue weighted by atomic mass is 31.1. The van der Waals surface area contributed by atoms with E-state index in [1.807, 2.05) is 6.92 Å². The standard InChI is InChI=1S/C7H15N2P/c1-6-7-10(8(2)3)9(4)5/h1-5H3.